The summed E-state index contributed by atoms with van der Waals surface area (Å²) >= 11 is 0. The average molecular weight is 246 g/mol. The lowest BCUT2D eigenvalue weighted by molar-refractivity contribution is 0.199. The van der Waals surface area contributed by atoms with E-state index in [4.69, 9.17) is 9.26 Å². The van der Waals surface area contributed by atoms with Crippen molar-refractivity contribution in [1.82, 2.24) is 10.5 Å². The first-order valence-electron chi connectivity index (χ1n) is 6.02. The fourth-order valence-corrected chi connectivity index (χ4v) is 1.72. The van der Waals surface area contributed by atoms with Gasteiger partial charge in [0.25, 0.3) is 0 Å². The van der Waals surface area contributed by atoms with Gasteiger partial charge in [-0.2, -0.15) is 0 Å². The van der Waals surface area contributed by atoms with E-state index in [0.717, 1.165) is 23.6 Å². The molecule has 1 aromatic carbocycles. The molecule has 0 aliphatic rings. The van der Waals surface area contributed by atoms with E-state index in [-0.39, 0.29) is 0 Å². The second kappa shape index (κ2) is 6.33. The van der Waals surface area contributed by atoms with E-state index < -0.39 is 0 Å². The van der Waals surface area contributed by atoms with Crippen LogP contribution in [0.3, 0.4) is 0 Å². The minimum atomic E-state index is 0.693. The van der Waals surface area contributed by atoms with Crippen LogP contribution in [0.2, 0.25) is 0 Å². The van der Waals surface area contributed by atoms with Crippen LogP contribution in [-0.2, 0) is 11.3 Å². The smallest absolute Gasteiger partial charge is 0.167 e. The highest BCUT2D eigenvalue weighted by atomic mass is 16.5. The molecule has 1 aromatic heterocycles. The number of aryl methyl sites for hydroxylation is 1. The molecule has 0 bridgehead atoms. The highest BCUT2D eigenvalue weighted by Crippen LogP contribution is 2.21. The highest BCUT2D eigenvalue weighted by molar-refractivity contribution is 5.58. The molecular formula is C14H18N2O2. The first-order chi connectivity index (χ1) is 8.79. The predicted molar refractivity (Wildman–Crippen MR) is 70.3 cm³/mol. The van der Waals surface area contributed by atoms with Crippen LogP contribution >= 0.6 is 0 Å². The summed E-state index contributed by atoms with van der Waals surface area (Å²) in [7, 11) is 1.69. The van der Waals surface area contributed by atoms with E-state index in [9.17, 15) is 0 Å². The summed E-state index contributed by atoms with van der Waals surface area (Å²) in [4.78, 5) is 0. The monoisotopic (exact) mass is 246 g/mol. The van der Waals surface area contributed by atoms with E-state index in [1.807, 2.05) is 18.2 Å². The van der Waals surface area contributed by atoms with Gasteiger partial charge < -0.3 is 14.6 Å². The lowest BCUT2D eigenvalue weighted by Gasteiger charge is -1.99. The summed E-state index contributed by atoms with van der Waals surface area (Å²) in [5.74, 6) is 0.808. The molecule has 0 aliphatic heterocycles. The number of hydrogen-bond donors (Lipinski definition) is 1. The Kier molecular flexibility index (Phi) is 4.50. The molecule has 96 valence electrons. The second-order valence-corrected chi connectivity index (χ2v) is 4.22. The number of aromatic nitrogens is 1. The molecule has 0 spiro atoms. The number of ether oxygens (including phenoxy) is 1. The van der Waals surface area contributed by atoms with Gasteiger partial charge in [0.2, 0.25) is 0 Å². The molecule has 0 saturated carbocycles. The quantitative estimate of drug-likeness (QED) is 0.795. The Hall–Kier alpha value is -1.65. The lowest BCUT2D eigenvalue weighted by Crippen LogP contribution is -2.18. The zero-order chi connectivity index (χ0) is 12.8. The van der Waals surface area contributed by atoms with Crippen molar-refractivity contribution in [2.24, 2.45) is 0 Å². The third-order valence-electron chi connectivity index (χ3n) is 2.65. The minimum Gasteiger partial charge on any atom is -0.383 e. The SMILES string of the molecule is COCCNCc1cc(-c2cccc(C)c2)on1. The van der Waals surface area contributed by atoms with Gasteiger partial charge >= 0.3 is 0 Å². The summed E-state index contributed by atoms with van der Waals surface area (Å²) in [5, 5.41) is 7.27. The van der Waals surface area contributed by atoms with E-state index >= 15 is 0 Å². The van der Waals surface area contributed by atoms with Crippen molar-refractivity contribution in [1.29, 1.82) is 0 Å². The van der Waals surface area contributed by atoms with Gasteiger partial charge in [0, 0.05) is 31.8 Å². The van der Waals surface area contributed by atoms with Crippen LogP contribution in [0.4, 0.5) is 0 Å². The van der Waals surface area contributed by atoms with Gasteiger partial charge in [0.05, 0.1) is 12.3 Å². The van der Waals surface area contributed by atoms with Crippen molar-refractivity contribution in [3.63, 3.8) is 0 Å². The fourth-order valence-electron chi connectivity index (χ4n) is 1.72. The number of benzene rings is 1. The molecular weight excluding hydrogens is 228 g/mol. The number of rotatable bonds is 6. The van der Waals surface area contributed by atoms with Crippen molar-refractivity contribution in [2.75, 3.05) is 20.3 Å². The third kappa shape index (κ3) is 3.42. The van der Waals surface area contributed by atoms with E-state index in [1.165, 1.54) is 5.56 Å². The van der Waals surface area contributed by atoms with Crippen molar-refractivity contribution in [2.45, 2.75) is 13.5 Å². The normalized spacial score (nSPS) is 10.8. The Bertz CT molecular complexity index is 494. The summed E-state index contributed by atoms with van der Waals surface area (Å²) in [6.45, 7) is 4.26. The van der Waals surface area contributed by atoms with Crippen molar-refractivity contribution in [3.05, 3.63) is 41.6 Å². The maximum atomic E-state index is 5.34. The molecule has 0 radical (unpaired) electrons. The first-order valence-corrected chi connectivity index (χ1v) is 6.02. The summed E-state index contributed by atoms with van der Waals surface area (Å²) in [5.41, 5.74) is 3.18. The molecule has 18 heavy (non-hydrogen) atoms. The Morgan fingerprint density at radius 2 is 2.22 bits per heavy atom. The third-order valence-corrected chi connectivity index (χ3v) is 2.65. The molecule has 0 unspecified atom stereocenters. The standard InChI is InChI=1S/C14H18N2O2/c1-11-4-3-5-12(8-11)14-9-13(16-18-14)10-15-6-7-17-2/h3-5,8-9,15H,6-7,10H2,1-2H3. The average Bonchev–Trinajstić information content (AvgIpc) is 2.83. The van der Waals surface area contributed by atoms with E-state index in [0.29, 0.717) is 13.2 Å². The number of nitrogens with zero attached hydrogens (tertiary/aromatic N) is 1. The van der Waals surface area contributed by atoms with Crippen LogP contribution in [0.15, 0.2) is 34.9 Å². The fraction of sp³-hybridized carbons (Fsp3) is 0.357. The molecule has 4 heteroatoms. The molecule has 2 aromatic rings. The first kappa shape index (κ1) is 12.8. The lowest BCUT2D eigenvalue weighted by atomic mass is 10.1. The summed E-state index contributed by atoms with van der Waals surface area (Å²) in [6, 6.07) is 10.2. The Labute approximate surface area is 107 Å². The maximum absolute atomic E-state index is 5.34. The van der Waals surface area contributed by atoms with Crippen molar-refractivity contribution < 1.29 is 9.26 Å². The van der Waals surface area contributed by atoms with E-state index in [2.05, 4.69) is 29.5 Å². The van der Waals surface area contributed by atoms with Crippen LogP contribution < -0.4 is 5.32 Å². The van der Waals surface area contributed by atoms with Crippen LogP contribution in [0.1, 0.15) is 11.3 Å². The zero-order valence-electron chi connectivity index (χ0n) is 10.8. The molecule has 4 nitrogen and oxygen atoms in total. The van der Waals surface area contributed by atoms with Gasteiger partial charge in [0.15, 0.2) is 5.76 Å². The Morgan fingerprint density at radius 1 is 1.33 bits per heavy atom. The Balaban J connectivity index is 1.97. The topological polar surface area (TPSA) is 47.3 Å². The van der Waals surface area contributed by atoms with Gasteiger partial charge in [0.1, 0.15) is 0 Å². The molecule has 0 atom stereocenters. The maximum Gasteiger partial charge on any atom is 0.167 e. The van der Waals surface area contributed by atoms with Gasteiger partial charge in [-0.1, -0.05) is 28.9 Å². The molecule has 1 N–H and O–H groups in total. The molecule has 1 heterocycles. The number of hydrogen-bond acceptors (Lipinski definition) is 4. The van der Waals surface area contributed by atoms with E-state index in [1.54, 1.807) is 7.11 Å². The van der Waals surface area contributed by atoms with Crippen LogP contribution in [0.5, 0.6) is 0 Å². The molecule has 0 amide bonds. The van der Waals surface area contributed by atoms with Crippen LogP contribution in [-0.4, -0.2) is 25.4 Å². The van der Waals surface area contributed by atoms with Crippen molar-refractivity contribution in [3.8, 4) is 11.3 Å². The largest absolute Gasteiger partial charge is 0.383 e. The summed E-state index contributed by atoms with van der Waals surface area (Å²) in [6.07, 6.45) is 0. The van der Waals surface area contributed by atoms with Gasteiger partial charge in [-0.3, -0.25) is 0 Å². The van der Waals surface area contributed by atoms with Crippen molar-refractivity contribution >= 4 is 0 Å². The molecule has 0 fully saturated rings. The molecule has 0 aliphatic carbocycles. The molecule has 2 rings (SSSR count). The van der Waals surface area contributed by atoms with Crippen LogP contribution in [0, 0.1) is 6.92 Å². The molecule has 0 saturated heterocycles. The number of methoxy groups -OCH3 is 1. The van der Waals surface area contributed by atoms with Gasteiger partial charge in [-0.25, -0.2) is 0 Å². The second-order valence-electron chi connectivity index (χ2n) is 4.22. The van der Waals surface area contributed by atoms with Gasteiger partial charge in [-0.15, -0.1) is 0 Å². The van der Waals surface area contributed by atoms with Gasteiger partial charge in [-0.05, 0) is 13.0 Å². The predicted octanol–water partition coefficient (Wildman–Crippen LogP) is 2.39. The Morgan fingerprint density at radius 3 is 3.00 bits per heavy atom. The minimum absolute atomic E-state index is 0.693. The zero-order valence-corrected chi connectivity index (χ0v) is 10.8. The summed E-state index contributed by atoms with van der Waals surface area (Å²) < 4.78 is 10.3. The highest BCUT2D eigenvalue weighted by Gasteiger charge is 2.06. The van der Waals surface area contributed by atoms with Crippen LogP contribution in [0.25, 0.3) is 11.3 Å². The number of nitrogens with one attached hydrogen (secondary N) is 1.